The Hall–Kier alpha value is -1.35. The Morgan fingerprint density at radius 3 is 2.58 bits per heavy atom. The summed E-state index contributed by atoms with van der Waals surface area (Å²) in [7, 11) is 0. The Balaban J connectivity index is 2.54. The van der Waals surface area contributed by atoms with Gasteiger partial charge in [-0.3, -0.25) is 0 Å². The van der Waals surface area contributed by atoms with E-state index < -0.39 is 28.0 Å². The summed E-state index contributed by atoms with van der Waals surface area (Å²) in [4.78, 5) is 11.2. The summed E-state index contributed by atoms with van der Waals surface area (Å²) >= 11 is -0.429. The third kappa shape index (κ3) is 3.16. The van der Waals surface area contributed by atoms with E-state index in [1.807, 2.05) is 0 Å². The molecule has 102 valence electrons. The van der Waals surface area contributed by atoms with Crippen LogP contribution in [0.5, 0.6) is 5.75 Å². The van der Waals surface area contributed by atoms with Crippen LogP contribution in [-0.4, -0.2) is 9.72 Å². The van der Waals surface area contributed by atoms with Gasteiger partial charge in [-0.25, -0.2) is 9.00 Å². The van der Waals surface area contributed by atoms with Gasteiger partial charge in [0.15, 0.2) is 5.75 Å². The van der Waals surface area contributed by atoms with Crippen molar-refractivity contribution >= 4 is 38.0 Å². The van der Waals surface area contributed by atoms with Gasteiger partial charge in [0.2, 0.25) is 0 Å². The number of rotatable bonds is 2. The SMILES string of the molecule is O=c1cc(OS(=O)C(F)(F)F)c2ccc(Br)cc2o1. The molecule has 19 heavy (non-hydrogen) atoms. The first kappa shape index (κ1) is 14.1. The van der Waals surface area contributed by atoms with Crippen molar-refractivity contribution < 1.29 is 26.0 Å². The van der Waals surface area contributed by atoms with Gasteiger partial charge in [-0.15, -0.1) is 0 Å². The standard InChI is InChI=1S/C10H4BrF3O4S/c11-5-1-2-6-7(3-5)17-9(15)4-8(6)18-19(16)10(12,13)14/h1-4H. The lowest BCUT2D eigenvalue weighted by atomic mass is 10.2. The lowest BCUT2D eigenvalue weighted by molar-refractivity contribution is -0.0437. The number of fused-ring (bicyclic) bond motifs is 1. The summed E-state index contributed by atoms with van der Waals surface area (Å²) in [6, 6.07) is 5.00. The predicted molar refractivity (Wildman–Crippen MR) is 65.0 cm³/mol. The average molecular weight is 357 g/mol. The number of hydrogen-bond donors (Lipinski definition) is 0. The molecule has 1 unspecified atom stereocenters. The van der Waals surface area contributed by atoms with E-state index in [1.165, 1.54) is 18.2 Å². The lowest BCUT2D eigenvalue weighted by Crippen LogP contribution is -2.21. The first-order chi connectivity index (χ1) is 8.77. The van der Waals surface area contributed by atoms with Crippen molar-refractivity contribution in [3.63, 3.8) is 0 Å². The second-order valence-corrected chi connectivity index (χ2v) is 5.35. The second-order valence-electron chi connectivity index (χ2n) is 3.33. The Bertz CT molecular complexity index is 710. The van der Waals surface area contributed by atoms with E-state index >= 15 is 0 Å². The highest BCUT2D eigenvalue weighted by Crippen LogP contribution is 2.29. The molecule has 0 bridgehead atoms. The molecule has 2 aromatic rings. The van der Waals surface area contributed by atoms with Crippen LogP contribution in [0.2, 0.25) is 0 Å². The van der Waals surface area contributed by atoms with Crippen LogP contribution in [0.15, 0.2) is 37.9 Å². The Morgan fingerprint density at radius 2 is 1.95 bits per heavy atom. The van der Waals surface area contributed by atoms with Gasteiger partial charge in [-0.1, -0.05) is 15.9 Å². The van der Waals surface area contributed by atoms with Crippen molar-refractivity contribution in [2.75, 3.05) is 0 Å². The highest BCUT2D eigenvalue weighted by molar-refractivity contribution is 9.10. The number of benzene rings is 1. The van der Waals surface area contributed by atoms with Crippen molar-refractivity contribution in [2.24, 2.45) is 0 Å². The van der Waals surface area contributed by atoms with Crippen molar-refractivity contribution in [2.45, 2.75) is 5.51 Å². The fourth-order valence-corrected chi connectivity index (χ4v) is 2.04. The normalized spacial score (nSPS) is 13.5. The zero-order valence-electron chi connectivity index (χ0n) is 8.86. The van der Waals surface area contributed by atoms with E-state index in [-0.39, 0.29) is 11.0 Å². The van der Waals surface area contributed by atoms with Crippen molar-refractivity contribution in [3.05, 3.63) is 39.2 Å². The van der Waals surface area contributed by atoms with Crippen LogP contribution in [0.1, 0.15) is 0 Å². The molecule has 0 amide bonds. The van der Waals surface area contributed by atoms with Gasteiger partial charge in [0.05, 0.1) is 11.5 Å². The maximum atomic E-state index is 12.2. The molecule has 0 aliphatic carbocycles. The minimum absolute atomic E-state index is 0.0241. The smallest absolute Gasteiger partial charge is 0.422 e. The molecule has 1 heterocycles. The summed E-state index contributed by atoms with van der Waals surface area (Å²) in [5, 5.41) is 0.111. The van der Waals surface area contributed by atoms with Gasteiger partial charge in [-0.2, -0.15) is 13.2 Å². The quantitative estimate of drug-likeness (QED) is 0.775. The van der Waals surface area contributed by atoms with Crippen LogP contribution >= 0.6 is 15.9 Å². The first-order valence-electron chi connectivity index (χ1n) is 4.68. The van der Waals surface area contributed by atoms with Gasteiger partial charge in [0.25, 0.3) is 0 Å². The molecule has 0 fully saturated rings. The first-order valence-corrected chi connectivity index (χ1v) is 6.54. The molecule has 1 aromatic carbocycles. The van der Waals surface area contributed by atoms with E-state index in [2.05, 4.69) is 20.1 Å². The molecule has 0 aliphatic rings. The number of hydrogen-bond acceptors (Lipinski definition) is 4. The molecule has 0 radical (unpaired) electrons. The van der Waals surface area contributed by atoms with Crippen LogP contribution in [0.3, 0.4) is 0 Å². The number of halogens is 4. The summed E-state index contributed by atoms with van der Waals surface area (Å²) in [5.74, 6) is -0.450. The van der Waals surface area contributed by atoms with Gasteiger partial charge < -0.3 is 8.60 Å². The van der Waals surface area contributed by atoms with Crippen molar-refractivity contribution in [3.8, 4) is 5.75 Å². The Kier molecular flexibility index (Phi) is 3.68. The molecule has 1 atom stereocenters. The molecule has 0 spiro atoms. The summed E-state index contributed by atoms with van der Waals surface area (Å²) in [5.41, 5.74) is -5.91. The van der Waals surface area contributed by atoms with Gasteiger partial charge in [0.1, 0.15) is 5.58 Å². The third-order valence-corrected chi connectivity index (χ3v) is 3.23. The minimum atomic E-state index is -5.03. The van der Waals surface area contributed by atoms with E-state index in [0.29, 0.717) is 10.5 Å². The maximum absolute atomic E-state index is 12.2. The van der Waals surface area contributed by atoms with Crippen LogP contribution in [-0.2, 0) is 11.1 Å². The molecule has 0 saturated heterocycles. The van der Waals surface area contributed by atoms with E-state index in [1.54, 1.807) is 0 Å². The number of alkyl halides is 3. The van der Waals surface area contributed by atoms with E-state index in [9.17, 15) is 22.2 Å². The lowest BCUT2D eigenvalue weighted by Gasteiger charge is -2.08. The van der Waals surface area contributed by atoms with Crippen molar-refractivity contribution in [1.82, 2.24) is 0 Å². The molecular weight excluding hydrogens is 353 g/mol. The van der Waals surface area contributed by atoms with Crippen LogP contribution < -0.4 is 9.81 Å². The summed E-state index contributed by atoms with van der Waals surface area (Å²) in [6.45, 7) is 0. The predicted octanol–water partition coefficient (Wildman–Crippen LogP) is 3.12. The topological polar surface area (TPSA) is 56.5 Å². The molecule has 1 aromatic heterocycles. The summed E-state index contributed by atoms with van der Waals surface area (Å²) in [6.07, 6.45) is 0. The third-order valence-electron chi connectivity index (χ3n) is 2.02. The second kappa shape index (κ2) is 4.97. The Labute approximate surface area is 115 Å². The average Bonchev–Trinajstić information content (AvgIpc) is 2.26. The van der Waals surface area contributed by atoms with Gasteiger partial charge in [0, 0.05) is 4.47 Å². The minimum Gasteiger partial charge on any atom is -0.422 e. The van der Waals surface area contributed by atoms with Crippen LogP contribution in [0, 0.1) is 0 Å². The summed E-state index contributed by atoms with van der Waals surface area (Å²) < 4.78 is 57.0. The fourth-order valence-electron chi connectivity index (χ4n) is 1.30. The highest BCUT2D eigenvalue weighted by atomic mass is 79.9. The van der Waals surface area contributed by atoms with Crippen LogP contribution in [0.25, 0.3) is 11.0 Å². The molecule has 4 nitrogen and oxygen atoms in total. The maximum Gasteiger partial charge on any atom is 0.508 e. The molecule has 9 heteroatoms. The molecule has 0 N–H and O–H groups in total. The fraction of sp³-hybridized carbons (Fsp3) is 0.100. The zero-order chi connectivity index (χ0) is 14.2. The van der Waals surface area contributed by atoms with Crippen LogP contribution in [0.4, 0.5) is 13.2 Å². The largest absolute Gasteiger partial charge is 0.508 e. The van der Waals surface area contributed by atoms with Gasteiger partial charge >= 0.3 is 22.2 Å². The highest BCUT2D eigenvalue weighted by Gasteiger charge is 2.40. The van der Waals surface area contributed by atoms with Gasteiger partial charge in [-0.05, 0) is 18.2 Å². The molecule has 0 aliphatic heterocycles. The molecular formula is C10H4BrF3O4S. The van der Waals surface area contributed by atoms with E-state index in [0.717, 1.165) is 0 Å². The van der Waals surface area contributed by atoms with E-state index in [4.69, 9.17) is 4.42 Å². The molecule has 0 saturated carbocycles. The zero-order valence-corrected chi connectivity index (χ0v) is 11.3. The van der Waals surface area contributed by atoms with Crippen molar-refractivity contribution in [1.29, 1.82) is 0 Å². The Morgan fingerprint density at radius 1 is 1.26 bits per heavy atom. The monoisotopic (exact) mass is 356 g/mol. The molecule has 2 rings (SSSR count).